The van der Waals surface area contributed by atoms with Crippen molar-refractivity contribution in [3.63, 3.8) is 0 Å². The fourth-order valence-electron chi connectivity index (χ4n) is 1.85. The standard InChI is InChI=1S/C9H15NO3/c1-5-2-6(5)9(13)10-3-7(11)8(12)4-10/h5-8,11-12H,2-4H2,1H3/t5-,6-,7-,8+/m0/s1. The minimum atomic E-state index is -0.752. The Morgan fingerprint density at radius 1 is 1.31 bits per heavy atom. The second-order valence-electron chi connectivity index (χ2n) is 4.20. The van der Waals surface area contributed by atoms with E-state index >= 15 is 0 Å². The molecule has 1 saturated carbocycles. The lowest BCUT2D eigenvalue weighted by Crippen LogP contribution is -2.31. The third kappa shape index (κ3) is 1.56. The van der Waals surface area contributed by atoms with Crippen molar-refractivity contribution in [1.29, 1.82) is 0 Å². The number of nitrogens with zero attached hydrogens (tertiary/aromatic N) is 1. The first-order valence-corrected chi connectivity index (χ1v) is 4.74. The van der Waals surface area contributed by atoms with Gasteiger partial charge < -0.3 is 15.1 Å². The average Bonchev–Trinajstić information content (AvgIpc) is 2.70. The van der Waals surface area contributed by atoms with Crippen LogP contribution in [0, 0.1) is 11.8 Å². The van der Waals surface area contributed by atoms with Gasteiger partial charge in [-0.25, -0.2) is 0 Å². The van der Waals surface area contributed by atoms with E-state index < -0.39 is 12.2 Å². The van der Waals surface area contributed by atoms with Crippen LogP contribution in [0.4, 0.5) is 0 Å². The van der Waals surface area contributed by atoms with Crippen LogP contribution in [0.1, 0.15) is 13.3 Å². The van der Waals surface area contributed by atoms with Gasteiger partial charge in [-0.15, -0.1) is 0 Å². The molecule has 0 aromatic rings. The first-order chi connectivity index (χ1) is 6.09. The number of hydrogen-bond donors (Lipinski definition) is 2. The van der Waals surface area contributed by atoms with E-state index in [9.17, 15) is 15.0 Å². The number of aliphatic hydroxyl groups is 2. The summed E-state index contributed by atoms with van der Waals surface area (Å²) in [5.41, 5.74) is 0. The molecule has 0 aromatic heterocycles. The summed E-state index contributed by atoms with van der Waals surface area (Å²) in [5, 5.41) is 18.5. The Balaban J connectivity index is 1.92. The quantitative estimate of drug-likeness (QED) is 0.562. The molecular formula is C9H15NO3. The number of amides is 1. The fourth-order valence-corrected chi connectivity index (χ4v) is 1.85. The van der Waals surface area contributed by atoms with E-state index in [-0.39, 0.29) is 11.8 Å². The molecule has 1 saturated heterocycles. The van der Waals surface area contributed by atoms with Gasteiger partial charge in [-0.2, -0.15) is 0 Å². The SMILES string of the molecule is C[C@H]1C[C@@H]1C(=O)N1C[C@@H](O)[C@@H](O)C1. The van der Waals surface area contributed by atoms with Crippen LogP contribution in [0.15, 0.2) is 0 Å². The van der Waals surface area contributed by atoms with E-state index in [0.29, 0.717) is 19.0 Å². The van der Waals surface area contributed by atoms with Crippen LogP contribution in [0.25, 0.3) is 0 Å². The Morgan fingerprint density at radius 3 is 2.15 bits per heavy atom. The molecule has 0 bridgehead atoms. The van der Waals surface area contributed by atoms with E-state index in [2.05, 4.69) is 0 Å². The highest BCUT2D eigenvalue weighted by Gasteiger charge is 2.44. The zero-order chi connectivity index (χ0) is 9.59. The summed E-state index contributed by atoms with van der Waals surface area (Å²) in [6, 6.07) is 0. The predicted molar refractivity (Wildman–Crippen MR) is 45.9 cm³/mol. The maximum Gasteiger partial charge on any atom is 0.226 e. The van der Waals surface area contributed by atoms with Gasteiger partial charge in [0.15, 0.2) is 0 Å². The number of likely N-dealkylation sites (tertiary alicyclic amines) is 1. The van der Waals surface area contributed by atoms with E-state index in [1.54, 1.807) is 4.90 Å². The largest absolute Gasteiger partial charge is 0.388 e. The molecule has 4 nitrogen and oxygen atoms in total. The van der Waals surface area contributed by atoms with Crippen molar-refractivity contribution in [3.05, 3.63) is 0 Å². The van der Waals surface area contributed by atoms with Crippen molar-refractivity contribution < 1.29 is 15.0 Å². The molecule has 1 aliphatic carbocycles. The van der Waals surface area contributed by atoms with Gasteiger partial charge in [0.25, 0.3) is 0 Å². The van der Waals surface area contributed by atoms with Crippen LogP contribution in [-0.4, -0.2) is 46.3 Å². The molecule has 0 radical (unpaired) electrons. The first kappa shape index (κ1) is 8.97. The van der Waals surface area contributed by atoms with Gasteiger partial charge >= 0.3 is 0 Å². The van der Waals surface area contributed by atoms with Crippen LogP contribution in [-0.2, 0) is 4.79 Å². The number of β-amino-alcohol motifs (C(OH)–C–C–N with tert-alkyl or cyclic N) is 2. The number of carbonyl (C=O) groups excluding carboxylic acids is 1. The lowest BCUT2D eigenvalue weighted by Gasteiger charge is -2.14. The van der Waals surface area contributed by atoms with Crippen LogP contribution >= 0.6 is 0 Å². The molecule has 0 aromatic carbocycles. The Bertz CT molecular complexity index is 221. The highest BCUT2D eigenvalue weighted by atomic mass is 16.3. The van der Waals surface area contributed by atoms with Crippen molar-refractivity contribution in [2.75, 3.05) is 13.1 Å². The lowest BCUT2D eigenvalue weighted by molar-refractivity contribution is -0.132. The Kier molecular flexibility index (Phi) is 2.04. The van der Waals surface area contributed by atoms with Crippen LogP contribution in [0.5, 0.6) is 0 Å². The van der Waals surface area contributed by atoms with Gasteiger partial charge in [-0.05, 0) is 12.3 Å². The highest BCUT2D eigenvalue weighted by Crippen LogP contribution is 2.39. The average molecular weight is 185 g/mol. The van der Waals surface area contributed by atoms with Gasteiger partial charge in [-0.3, -0.25) is 4.79 Å². The fraction of sp³-hybridized carbons (Fsp3) is 0.889. The maximum absolute atomic E-state index is 11.6. The highest BCUT2D eigenvalue weighted by molar-refractivity contribution is 5.82. The number of rotatable bonds is 1. The van der Waals surface area contributed by atoms with Gasteiger partial charge in [0.05, 0.1) is 12.2 Å². The summed E-state index contributed by atoms with van der Waals surface area (Å²) in [7, 11) is 0. The zero-order valence-corrected chi connectivity index (χ0v) is 7.68. The summed E-state index contributed by atoms with van der Waals surface area (Å²) >= 11 is 0. The smallest absolute Gasteiger partial charge is 0.226 e. The monoisotopic (exact) mass is 185 g/mol. The van der Waals surface area contributed by atoms with Gasteiger partial charge in [0.2, 0.25) is 5.91 Å². The van der Waals surface area contributed by atoms with E-state index in [0.717, 1.165) is 6.42 Å². The molecule has 1 aliphatic heterocycles. The van der Waals surface area contributed by atoms with Crippen molar-refractivity contribution in [2.45, 2.75) is 25.6 Å². The number of carbonyl (C=O) groups is 1. The summed E-state index contributed by atoms with van der Waals surface area (Å²) < 4.78 is 0. The van der Waals surface area contributed by atoms with E-state index in [4.69, 9.17) is 0 Å². The molecular weight excluding hydrogens is 170 g/mol. The molecule has 2 rings (SSSR count). The molecule has 74 valence electrons. The lowest BCUT2D eigenvalue weighted by atomic mass is 10.3. The summed E-state index contributed by atoms with van der Waals surface area (Å²) in [4.78, 5) is 13.2. The van der Waals surface area contributed by atoms with E-state index in [1.807, 2.05) is 6.92 Å². The van der Waals surface area contributed by atoms with Crippen molar-refractivity contribution in [3.8, 4) is 0 Å². The normalized spacial score (nSPS) is 43.8. The van der Waals surface area contributed by atoms with Gasteiger partial charge in [0.1, 0.15) is 0 Å². The molecule has 4 atom stereocenters. The Hall–Kier alpha value is -0.610. The zero-order valence-electron chi connectivity index (χ0n) is 7.68. The van der Waals surface area contributed by atoms with Crippen molar-refractivity contribution in [1.82, 2.24) is 4.90 Å². The van der Waals surface area contributed by atoms with Gasteiger partial charge in [0, 0.05) is 19.0 Å². The molecule has 2 N–H and O–H groups in total. The topological polar surface area (TPSA) is 60.8 Å². The minimum absolute atomic E-state index is 0.100. The molecule has 1 heterocycles. The molecule has 13 heavy (non-hydrogen) atoms. The molecule has 2 fully saturated rings. The van der Waals surface area contributed by atoms with Crippen LogP contribution in [0.3, 0.4) is 0 Å². The van der Waals surface area contributed by atoms with Crippen LogP contribution in [0.2, 0.25) is 0 Å². The molecule has 0 spiro atoms. The Labute approximate surface area is 77.2 Å². The summed E-state index contributed by atoms with van der Waals surface area (Å²) in [6.07, 6.45) is -0.544. The molecule has 0 unspecified atom stereocenters. The number of hydrogen-bond acceptors (Lipinski definition) is 3. The van der Waals surface area contributed by atoms with Crippen molar-refractivity contribution in [2.24, 2.45) is 11.8 Å². The second-order valence-corrected chi connectivity index (χ2v) is 4.20. The predicted octanol–water partition coefficient (Wildman–Crippen LogP) is -0.794. The number of aliphatic hydroxyl groups excluding tert-OH is 2. The molecule has 1 amide bonds. The van der Waals surface area contributed by atoms with Gasteiger partial charge in [-0.1, -0.05) is 6.92 Å². The summed E-state index contributed by atoms with van der Waals surface area (Å²) in [5.74, 6) is 0.739. The van der Waals surface area contributed by atoms with Crippen molar-refractivity contribution >= 4 is 5.91 Å². The molecule has 4 heteroatoms. The van der Waals surface area contributed by atoms with Crippen LogP contribution < -0.4 is 0 Å². The molecule has 2 aliphatic rings. The second kappa shape index (κ2) is 2.96. The third-order valence-corrected chi connectivity index (χ3v) is 3.00. The summed E-state index contributed by atoms with van der Waals surface area (Å²) in [6.45, 7) is 2.64. The maximum atomic E-state index is 11.6. The minimum Gasteiger partial charge on any atom is -0.388 e. The third-order valence-electron chi connectivity index (χ3n) is 3.00. The first-order valence-electron chi connectivity index (χ1n) is 4.74. The Morgan fingerprint density at radius 2 is 1.77 bits per heavy atom. The van der Waals surface area contributed by atoms with E-state index in [1.165, 1.54) is 0 Å².